The van der Waals surface area contributed by atoms with Crippen LogP contribution in [0.15, 0.2) is 64.6 Å². The Labute approximate surface area is 229 Å². The molecular weight excluding hydrogens is 616 g/mol. The topological polar surface area (TPSA) is 114 Å². The summed E-state index contributed by atoms with van der Waals surface area (Å²) in [5.41, 5.74) is -3.78. The largest absolute Gasteiger partial charge is 0.493 e. The molecule has 0 saturated carbocycles. The summed E-state index contributed by atoms with van der Waals surface area (Å²) in [5.74, 6) is -1.81. The van der Waals surface area contributed by atoms with E-state index >= 15 is 0 Å². The number of halogens is 7. The third-order valence-electron chi connectivity index (χ3n) is 5.07. The van der Waals surface area contributed by atoms with Gasteiger partial charge in [-0.1, -0.05) is 6.07 Å². The van der Waals surface area contributed by atoms with Crippen LogP contribution in [0.25, 0.3) is 6.08 Å². The van der Waals surface area contributed by atoms with E-state index in [-0.39, 0.29) is 27.2 Å². The first-order chi connectivity index (χ1) is 18.6. The number of rotatable bonds is 7. The molecule has 0 aromatic heterocycles. The number of nitrogens with one attached hydrogen (secondary N) is 1. The van der Waals surface area contributed by atoms with Gasteiger partial charge in [0.1, 0.15) is 11.6 Å². The van der Waals surface area contributed by atoms with Crippen LogP contribution >= 0.6 is 15.9 Å². The van der Waals surface area contributed by atoms with Gasteiger partial charge in [-0.3, -0.25) is 14.9 Å². The summed E-state index contributed by atoms with van der Waals surface area (Å²) in [4.78, 5) is 22.9. The van der Waals surface area contributed by atoms with E-state index in [2.05, 4.69) is 21.2 Å². The first-order valence-corrected chi connectivity index (χ1v) is 11.4. The average Bonchev–Trinajstić information content (AvgIpc) is 2.87. The van der Waals surface area contributed by atoms with Crippen molar-refractivity contribution in [1.29, 1.82) is 5.26 Å². The molecule has 0 bridgehead atoms. The Morgan fingerprint density at radius 2 is 1.68 bits per heavy atom. The summed E-state index contributed by atoms with van der Waals surface area (Å²) in [6.07, 6.45) is -8.40. The van der Waals surface area contributed by atoms with Gasteiger partial charge in [0.25, 0.3) is 5.91 Å². The Bertz CT molecular complexity index is 1550. The van der Waals surface area contributed by atoms with Crippen LogP contribution in [0, 0.1) is 21.4 Å². The normalized spacial score (nSPS) is 11.9. The van der Waals surface area contributed by atoms with Crippen LogP contribution in [-0.2, 0) is 17.1 Å². The zero-order valence-corrected chi connectivity index (χ0v) is 21.4. The fraction of sp³-hybridized carbons (Fsp3) is 0.120. The van der Waals surface area contributed by atoms with Crippen molar-refractivity contribution < 1.29 is 45.5 Å². The highest BCUT2D eigenvalue weighted by Gasteiger charge is 2.34. The SMILES string of the molecule is COc1cc(/C=C(\C#N)C(=O)Nc2cccc(C(F)(F)F)c2)cc(Br)c1Oc1ccc(C(F)(F)F)cc1[N+](=O)[O-]. The molecule has 0 fully saturated rings. The third-order valence-corrected chi connectivity index (χ3v) is 5.66. The number of nitro groups is 1. The van der Waals surface area contributed by atoms with Crippen LogP contribution in [0.2, 0.25) is 0 Å². The number of carbonyl (C=O) groups excluding carboxylic acids is 1. The van der Waals surface area contributed by atoms with E-state index in [1.807, 2.05) is 0 Å². The Morgan fingerprint density at radius 1 is 1.02 bits per heavy atom. The van der Waals surface area contributed by atoms with Crippen molar-refractivity contribution in [2.75, 3.05) is 12.4 Å². The summed E-state index contributed by atoms with van der Waals surface area (Å²) in [5, 5.41) is 23.0. The molecule has 0 radical (unpaired) electrons. The third kappa shape index (κ3) is 7.08. The molecule has 208 valence electrons. The Balaban J connectivity index is 1.94. The van der Waals surface area contributed by atoms with Crippen LogP contribution in [0.5, 0.6) is 17.2 Å². The molecular formula is C25H14BrF6N3O5. The number of ether oxygens (including phenoxy) is 2. The van der Waals surface area contributed by atoms with E-state index in [0.717, 1.165) is 24.3 Å². The summed E-state index contributed by atoms with van der Waals surface area (Å²) in [6.45, 7) is 0. The van der Waals surface area contributed by atoms with Crippen molar-refractivity contribution in [1.82, 2.24) is 0 Å². The molecule has 15 heteroatoms. The predicted octanol–water partition coefficient (Wildman–Crippen LogP) is 7.74. The maximum Gasteiger partial charge on any atom is 0.416 e. The van der Waals surface area contributed by atoms with Crippen molar-refractivity contribution in [3.05, 3.63) is 91.4 Å². The number of methoxy groups -OCH3 is 1. The quantitative estimate of drug-likeness (QED) is 0.0940. The maximum atomic E-state index is 13.0. The number of benzene rings is 3. The van der Waals surface area contributed by atoms with Crippen LogP contribution < -0.4 is 14.8 Å². The monoisotopic (exact) mass is 629 g/mol. The molecule has 8 nitrogen and oxygen atoms in total. The molecule has 0 unspecified atom stereocenters. The molecule has 0 saturated heterocycles. The highest BCUT2D eigenvalue weighted by molar-refractivity contribution is 9.10. The molecule has 0 aliphatic rings. The summed E-state index contributed by atoms with van der Waals surface area (Å²) < 4.78 is 88.6. The Kier molecular flexibility index (Phi) is 8.74. The smallest absolute Gasteiger partial charge is 0.416 e. The molecule has 0 aliphatic heterocycles. The second-order valence-electron chi connectivity index (χ2n) is 7.78. The number of hydrogen-bond donors (Lipinski definition) is 1. The molecule has 0 heterocycles. The molecule has 0 spiro atoms. The van der Waals surface area contributed by atoms with Crippen LogP contribution in [-0.4, -0.2) is 17.9 Å². The minimum absolute atomic E-state index is 0.0721. The lowest BCUT2D eigenvalue weighted by molar-refractivity contribution is -0.385. The number of anilines is 1. The van der Waals surface area contributed by atoms with Gasteiger partial charge in [0.05, 0.1) is 27.6 Å². The van der Waals surface area contributed by atoms with Crippen molar-refractivity contribution >= 4 is 39.3 Å². The molecule has 1 amide bonds. The standard InChI is InChI=1S/C25H14BrF6N3O5/c1-39-21-9-13(7-14(12-33)23(36)34-17-4-2-3-15(10-17)24(27,28)29)8-18(26)22(21)40-20-6-5-16(25(30,31)32)11-19(20)35(37)38/h2-11H,1H3,(H,34,36)/b14-7+. The highest BCUT2D eigenvalue weighted by atomic mass is 79.9. The summed E-state index contributed by atoms with van der Waals surface area (Å²) in [6, 6.07) is 9.67. The number of amides is 1. The number of alkyl halides is 6. The van der Waals surface area contributed by atoms with Crippen LogP contribution in [0.1, 0.15) is 16.7 Å². The molecule has 0 aliphatic carbocycles. The lowest BCUT2D eigenvalue weighted by Gasteiger charge is -2.14. The minimum atomic E-state index is -4.83. The van der Waals surface area contributed by atoms with Gasteiger partial charge in [0.2, 0.25) is 5.75 Å². The van der Waals surface area contributed by atoms with Gasteiger partial charge in [-0.15, -0.1) is 0 Å². The van der Waals surface area contributed by atoms with Crippen molar-refractivity contribution in [3.8, 4) is 23.3 Å². The van der Waals surface area contributed by atoms with Gasteiger partial charge >= 0.3 is 18.0 Å². The minimum Gasteiger partial charge on any atom is -0.493 e. The molecule has 3 aromatic carbocycles. The maximum absolute atomic E-state index is 13.0. The zero-order valence-electron chi connectivity index (χ0n) is 19.9. The molecule has 3 rings (SSSR count). The second-order valence-corrected chi connectivity index (χ2v) is 8.63. The average molecular weight is 630 g/mol. The van der Waals surface area contributed by atoms with Crippen LogP contribution in [0.4, 0.5) is 37.7 Å². The zero-order chi connectivity index (χ0) is 29.8. The summed E-state index contributed by atoms with van der Waals surface area (Å²) in [7, 11) is 1.19. The second kappa shape index (κ2) is 11.7. The van der Waals surface area contributed by atoms with Gasteiger partial charge in [-0.05, 0) is 70.0 Å². The van der Waals surface area contributed by atoms with Crippen molar-refractivity contribution in [2.24, 2.45) is 0 Å². The van der Waals surface area contributed by atoms with Gasteiger partial charge in [0, 0.05) is 11.8 Å². The molecule has 0 atom stereocenters. The van der Waals surface area contributed by atoms with Crippen molar-refractivity contribution in [2.45, 2.75) is 12.4 Å². The lowest BCUT2D eigenvalue weighted by Crippen LogP contribution is -2.14. The summed E-state index contributed by atoms with van der Waals surface area (Å²) >= 11 is 3.16. The number of nitro benzene ring substituents is 1. The highest BCUT2D eigenvalue weighted by Crippen LogP contribution is 2.44. The van der Waals surface area contributed by atoms with Gasteiger partial charge in [-0.2, -0.15) is 31.6 Å². The first kappa shape index (κ1) is 30.0. The van der Waals surface area contributed by atoms with Crippen LogP contribution in [0.3, 0.4) is 0 Å². The Morgan fingerprint density at radius 3 is 2.25 bits per heavy atom. The lowest BCUT2D eigenvalue weighted by atomic mass is 10.1. The van der Waals surface area contributed by atoms with Gasteiger partial charge in [-0.25, -0.2) is 0 Å². The van der Waals surface area contributed by atoms with Crippen molar-refractivity contribution in [3.63, 3.8) is 0 Å². The number of nitriles is 1. The fourth-order valence-corrected chi connectivity index (χ4v) is 3.78. The van der Waals surface area contributed by atoms with E-state index in [1.54, 1.807) is 6.07 Å². The van der Waals surface area contributed by atoms with E-state index < -0.39 is 51.3 Å². The van der Waals surface area contributed by atoms with Gasteiger partial charge in [0.15, 0.2) is 11.5 Å². The predicted molar refractivity (Wildman–Crippen MR) is 133 cm³/mol. The van der Waals surface area contributed by atoms with E-state index in [1.165, 1.54) is 25.3 Å². The number of nitrogens with zero attached hydrogens (tertiary/aromatic N) is 2. The van der Waals surface area contributed by atoms with E-state index in [0.29, 0.717) is 18.2 Å². The molecule has 40 heavy (non-hydrogen) atoms. The van der Waals surface area contributed by atoms with Gasteiger partial charge < -0.3 is 14.8 Å². The van der Waals surface area contributed by atoms with E-state index in [9.17, 15) is 46.5 Å². The fourth-order valence-electron chi connectivity index (χ4n) is 3.24. The van der Waals surface area contributed by atoms with E-state index in [4.69, 9.17) is 9.47 Å². The number of hydrogen-bond acceptors (Lipinski definition) is 6. The number of carbonyl (C=O) groups is 1. The molecule has 1 N–H and O–H groups in total. The Hall–Kier alpha value is -4.58. The molecule has 3 aromatic rings. The first-order valence-electron chi connectivity index (χ1n) is 10.7.